The molecule has 0 spiro atoms. The molecule has 0 heterocycles. The van der Waals surface area contributed by atoms with E-state index in [4.69, 9.17) is 11.6 Å². The van der Waals surface area contributed by atoms with Gasteiger partial charge in [0.05, 0.1) is 0 Å². The highest BCUT2D eigenvalue weighted by molar-refractivity contribution is 6.19. The highest BCUT2D eigenvalue weighted by atomic mass is 35.5. The van der Waals surface area contributed by atoms with Crippen molar-refractivity contribution in [1.82, 2.24) is 5.32 Å². The quantitative estimate of drug-likeness (QED) is 0.789. The molecule has 0 saturated heterocycles. The van der Waals surface area contributed by atoms with Gasteiger partial charge in [0.25, 0.3) is 0 Å². The van der Waals surface area contributed by atoms with E-state index in [0.29, 0.717) is 12.4 Å². The van der Waals surface area contributed by atoms with Crippen LogP contribution in [0.25, 0.3) is 0 Å². The Labute approximate surface area is 108 Å². The molecule has 1 atom stereocenters. The van der Waals surface area contributed by atoms with E-state index >= 15 is 0 Å². The van der Waals surface area contributed by atoms with E-state index in [2.05, 4.69) is 10.2 Å². The SMILES string of the molecule is CC(CCl)C(=O)NCCN(C)c1ccccc1. The first-order chi connectivity index (χ1) is 8.15. The molecular weight excluding hydrogens is 236 g/mol. The van der Waals surface area contributed by atoms with Crippen molar-refractivity contribution >= 4 is 23.2 Å². The van der Waals surface area contributed by atoms with Crippen LogP contribution < -0.4 is 10.2 Å². The minimum absolute atomic E-state index is 0.0152. The molecule has 0 aliphatic rings. The Bertz CT molecular complexity index is 343. The molecule has 0 aliphatic heterocycles. The number of halogens is 1. The van der Waals surface area contributed by atoms with Crippen LogP contribution in [0.15, 0.2) is 30.3 Å². The standard InChI is InChI=1S/C13H19ClN2O/c1-11(10-14)13(17)15-8-9-16(2)12-6-4-3-5-7-12/h3-7,11H,8-10H2,1-2H3,(H,15,17). The monoisotopic (exact) mass is 254 g/mol. The third-order valence-corrected chi connectivity index (χ3v) is 3.09. The molecule has 1 rings (SSSR count). The molecule has 1 aromatic rings. The molecule has 1 aromatic carbocycles. The molecule has 4 heteroatoms. The number of anilines is 1. The lowest BCUT2D eigenvalue weighted by molar-refractivity contribution is -0.123. The van der Waals surface area contributed by atoms with Gasteiger partial charge in [-0.05, 0) is 12.1 Å². The lowest BCUT2D eigenvalue weighted by Gasteiger charge is -2.19. The smallest absolute Gasteiger partial charge is 0.224 e. The molecule has 1 N–H and O–H groups in total. The molecule has 17 heavy (non-hydrogen) atoms. The molecule has 0 radical (unpaired) electrons. The zero-order chi connectivity index (χ0) is 12.7. The maximum absolute atomic E-state index is 11.5. The van der Waals surface area contributed by atoms with Gasteiger partial charge in [0.2, 0.25) is 5.91 Å². The lowest BCUT2D eigenvalue weighted by Crippen LogP contribution is -2.36. The van der Waals surface area contributed by atoms with Crippen molar-refractivity contribution < 1.29 is 4.79 Å². The number of nitrogens with zero attached hydrogens (tertiary/aromatic N) is 1. The number of alkyl halides is 1. The van der Waals surface area contributed by atoms with Crippen molar-refractivity contribution in [2.75, 3.05) is 30.9 Å². The van der Waals surface area contributed by atoms with Crippen molar-refractivity contribution in [2.24, 2.45) is 5.92 Å². The second-order valence-electron chi connectivity index (χ2n) is 4.10. The Balaban J connectivity index is 2.30. The Morgan fingerprint density at radius 3 is 2.65 bits per heavy atom. The number of carbonyl (C=O) groups is 1. The number of rotatable bonds is 6. The van der Waals surface area contributed by atoms with E-state index in [1.165, 1.54) is 0 Å². The highest BCUT2D eigenvalue weighted by Gasteiger charge is 2.10. The minimum Gasteiger partial charge on any atom is -0.373 e. The molecule has 1 unspecified atom stereocenters. The molecule has 0 fully saturated rings. The number of carbonyl (C=O) groups excluding carboxylic acids is 1. The van der Waals surface area contributed by atoms with Crippen molar-refractivity contribution in [2.45, 2.75) is 6.92 Å². The molecule has 0 aliphatic carbocycles. The summed E-state index contributed by atoms with van der Waals surface area (Å²) in [5, 5.41) is 2.87. The van der Waals surface area contributed by atoms with E-state index in [9.17, 15) is 4.79 Å². The first kappa shape index (κ1) is 13.8. The maximum Gasteiger partial charge on any atom is 0.224 e. The van der Waals surface area contributed by atoms with Crippen LogP contribution in [0.3, 0.4) is 0 Å². The highest BCUT2D eigenvalue weighted by Crippen LogP contribution is 2.09. The largest absolute Gasteiger partial charge is 0.373 e. The van der Waals surface area contributed by atoms with Gasteiger partial charge in [-0.3, -0.25) is 4.79 Å². The van der Waals surface area contributed by atoms with Crippen LogP contribution in [0.5, 0.6) is 0 Å². The summed E-state index contributed by atoms with van der Waals surface area (Å²) in [6.07, 6.45) is 0. The Hall–Kier alpha value is -1.22. The topological polar surface area (TPSA) is 32.3 Å². The number of likely N-dealkylation sites (N-methyl/N-ethyl adjacent to an activating group) is 1. The van der Waals surface area contributed by atoms with E-state index in [1.54, 1.807) is 0 Å². The van der Waals surface area contributed by atoms with Crippen LogP contribution in [-0.4, -0.2) is 31.9 Å². The predicted molar refractivity (Wildman–Crippen MR) is 72.6 cm³/mol. The molecule has 0 saturated carbocycles. The van der Waals surface area contributed by atoms with Crippen LogP contribution >= 0.6 is 11.6 Å². The Morgan fingerprint density at radius 2 is 2.06 bits per heavy atom. The van der Waals surface area contributed by atoms with E-state index in [-0.39, 0.29) is 11.8 Å². The van der Waals surface area contributed by atoms with Gasteiger partial charge in [-0.15, -0.1) is 11.6 Å². The Morgan fingerprint density at radius 1 is 1.41 bits per heavy atom. The molecule has 94 valence electrons. The van der Waals surface area contributed by atoms with Gasteiger partial charge in [0, 0.05) is 37.6 Å². The number of hydrogen-bond donors (Lipinski definition) is 1. The average molecular weight is 255 g/mol. The van der Waals surface area contributed by atoms with Crippen LogP contribution in [0, 0.1) is 5.92 Å². The van der Waals surface area contributed by atoms with Crippen molar-refractivity contribution in [1.29, 1.82) is 0 Å². The molecule has 3 nitrogen and oxygen atoms in total. The fraction of sp³-hybridized carbons (Fsp3) is 0.462. The van der Waals surface area contributed by atoms with Gasteiger partial charge in [-0.1, -0.05) is 25.1 Å². The molecule has 1 amide bonds. The van der Waals surface area contributed by atoms with Crippen LogP contribution in [0.2, 0.25) is 0 Å². The minimum atomic E-state index is -0.126. The van der Waals surface area contributed by atoms with Crippen molar-refractivity contribution in [3.63, 3.8) is 0 Å². The maximum atomic E-state index is 11.5. The van der Waals surface area contributed by atoms with Crippen LogP contribution in [0.1, 0.15) is 6.92 Å². The molecular formula is C13H19ClN2O. The van der Waals surface area contributed by atoms with Gasteiger partial charge in [0.1, 0.15) is 0 Å². The van der Waals surface area contributed by atoms with Crippen LogP contribution in [0.4, 0.5) is 5.69 Å². The summed E-state index contributed by atoms with van der Waals surface area (Å²) >= 11 is 5.61. The normalized spacial score (nSPS) is 11.9. The predicted octanol–water partition coefficient (Wildman–Crippen LogP) is 2.11. The first-order valence-electron chi connectivity index (χ1n) is 5.75. The second-order valence-corrected chi connectivity index (χ2v) is 4.41. The first-order valence-corrected chi connectivity index (χ1v) is 6.28. The van der Waals surface area contributed by atoms with Gasteiger partial charge < -0.3 is 10.2 Å². The zero-order valence-electron chi connectivity index (χ0n) is 10.3. The number of nitrogens with one attached hydrogen (secondary N) is 1. The van der Waals surface area contributed by atoms with Crippen molar-refractivity contribution in [3.05, 3.63) is 30.3 Å². The lowest BCUT2D eigenvalue weighted by atomic mass is 10.2. The second kappa shape index (κ2) is 7.17. The van der Waals surface area contributed by atoms with E-state index in [1.807, 2.05) is 44.3 Å². The summed E-state index contributed by atoms with van der Waals surface area (Å²) in [5.74, 6) is 0.251. The van der Waals surface area contributed by atoms with E-state index < -0.39 is 0 Å². The molecule has 0 bridgehead atoms. The van der Waals surface area contributed by atoms with Crippen LogP contribution in [-0.2, 0) is 4.79 Å². The van der Waals surface area contributed by atoms with E-state index in [0.717, 1.165) is 12.2 Å². The number of hydrogen-bond acceptors (Lipinski definition) is 2. The fourth-order valence-electron chi connectivity index (χ4n) is 1.40. The summed E-state index contributed by atoms with van der Waals surface area (Å²) in [5.41, 5.74) is 1.15. The summed E-state index contributed by atoms with van der Waals surface area (Å²) in [4.78, 5) is 13.6. The number of amides is 1. The summed E-state index contributed by atoms with van der Waals surface area (Å²) in [6, 6.07) is 10.1. The Kier molecular flexibility index (Phi) is 5.84. The van der Waals surface area contributed by atoms with Gasteiger partial charge in [-0.2, -0.15) is 0 Å². The average Bonchev–Trinajstić information content (AvgIpc) is 2.38. The summed E-state index contributed by atoms with van der Waals surface area (Å²) in [7, 11) is 2.01. The number of benzene rings is 1. The summed E-state index contributed by atoms with van der Waals surface area (Å²) < 4.78 is 0. The van der Waals surface area contributed by atoms with Crippen molar-refractivity contribution in [3.8, 4) is 0 Å². The van der Waals surface area contributed by atoms with Gasteiger partial charge in [-0.25, -0.2) is 0 Å². The molecule has 0 aromatic heterocycles. The third-order valence-electron chi connectivity index (χ3n) is 2.62. The number of para-hydroxylation sites is 1. The van der Waals surface area contributed by atoms with Gasteiger partial charge >= 0.3 is 0 Å². The zero-order valence-corrected chi connectivity index (χ0v) is 11.1. The third kappa shape index (κ3) is 4.65. The fourth-order valence-corrected chi connectivity index (χ4v) is 1.54. The van der Waals surface area contributed by atoms with Gasteiger partial charge in [0.15, 0.2) is 0 Å². The summed E-state index contributed by atoms with van der Waals surface area (Å²) in [6.45, 7) is 3.24.